The van der Waals surface area contributed by atoms with Gasteiger partial charge < -0.3 is 10.6 Å². The van der Waals surface area contributed by atoms with Crippen LogP contribution in [0.2, 0.25) is 0 Å². The lowest BCUT2D eigenvalue weighted by Crippen LogP contribution is -2.39. The number of hydrogen-bond donors (Lipinski definition) is 3. The summed E-state index contributed by atoms with van der Waals surface area (Å²) in [5.41, 5.74) is 1.08. The van der Waals surface area contributed by atoms with Crippen LogP contribution in [0.1, 0.15) is 51.1 Å². The van der Waals surface area contributed by atoms with E-state index < -0.39 is 0 Å². The molecule has 1 aliphatic heterocycles. The van der Waals surface area contributed by atoms with Crippen LogP contribution in [-0.4, -0.2) is 28.2 Å². The fraction of sp³-hybridized carbons (Fsp3) is 0.733. The number of aryl methyl sites for hydroxylation is 1. The Bertz CT molecular complexity index is 456. The summed E-state index contributed by atoms with van der Waals surface area (Å²) in [5.74, 6) is 1.40. The fourth-order valence-corrected chi connectivity index (χ4v) is 3.56. The average Bonchev–Trinajstić information content (AvgIpc) is 3.05. The van der Waals surface area contributed by atoms with E-state index in [2.05, 4.69) is 27.8 Å². The van der Waals surface area contributed by atoms with Gasteiger partial charge in [0.15, 0.2) is 5.82 Å². The van der Waals surface area contributed by atoms with E-state index in [1.165, 1.54) is 25.7 Å². The molecule has 5 nitrogen and oxygen atoms in total. The number of fused-ring (bicyclic) bond motifs is 1. The Morgan fingerprint density at radius 1 is 1.45 bits per heavy atom. The molecule has 110 valence electrons. The highest BCUT2D eigenvalue weighted by Gasteiger charge is 2.38. The summed E-state index contributed by atoms with van der Waals surface area (Å²) in [6.07, 6.45) is 8.11. The Kier molecular flexibility index (Phi) is 4.05. The third-order valence-electron chi connectivity index (χ3n) is 4.58. The van der Waals surface area contributed by atoms with Gasteiger partial charge in [0, 0.05) is 17.8 Å². The largest absolute Gasteiger partial charge is 0.308 e. The van der Waals surface area contributed by atoms with Crippen molar-refractivity contribution >= 4 is 11.7 Å². The zero-order valence-electron chi connectivity index (χ0n) is 12.1. The Balaban J connectivity index is 1.56. The van der Waals surface area contributed by atoms with Crippen LogP contribution in [-0.2, 0) is 11.2 Å². The first-order valence-electron chi connectivity index (χ1n) is 7.87. The Labute approximate surface area is 119 Å². The summed E-state index contributed by atoms with van der Waals surface area (Å²) in [5, 5.41) is 13.5. The smallest absolute Gasteiger partial charge is 0.242 e. The van der Waals surface area contributed by atoms with Crippen molar-refractivity contribution < 1.29 is 4.79 Å². The molecule has 3 rings (SSSR count). The van der Waals surface area contributed by atoms with Crippen molar-refractivity contribution in [2.24, 2.45) is 5.92 Å². The number of aromatic nitrogens is 2. The van der Waals surface area contributed by atoms with Crippen LogP contribution in [0.4, 0.5) is 5.82 Å². The van der Waals surface area contributed by atoms with Gasteiger partial charge in [-0.3, -0.25) is 9.89 Å². The molecule has 0 bridgehead atoms. The maximum absolute atomic E-state index is 12.3. The number of carbonyl (C=O) groups is 1. The number of anilines is 1. The topological polar surface area (TPSA) is 69.8 Å². The van der Waals surface area contributed by atoms with Gasteiger partial charge in [0.05, 0.1) is 6.04 Å². The zero-order chi connectivity index (χ0) is 13.9. The maximum Gasteiger partial charge on any atom is 0.242 e. The minimum atomic E-state index is -0.0468. The molecular formula is C15H24N4O. The molecule has 2 heterocycles. The lowest BCUT2D eigenvalue weighted by Gasteiger charge is -2.24. The maximum atomic E-state index is 12.3. The second-order valence-corrected chi connectivity index (χ2v) is 6.12. The Hall–Kier alpha value is -1.36. The molecule has 1 saturated carbocycles. The van der Waals surface area contributed by atoms with Crippen molar-refractivity contribution in [1.29, 1.82) is 0 Å². The van der Waals surface area contributed by atoms with Crippen LogP contribution in [0.25, 0.3) is 0 Å². The van der Waals surface area contributed by atoms with Gasteiger partial charge in [-0.25, -0.2) is 0 Å². The van der Waals surface area contributed by atoms with Gasteiger partial charge in [-0.2, -0.15) is 5.10 Å². The van der Waals surface area contributed by atoms with E-state index in [1.54, 1.807) is 0 Å². The summed E-state index contributed by atoms with van der Waals surface area (Å²) < 4.78 is 0. The van der Waals surface area contributed by atoms with Crippen molar-refractivity contribution in [2.75, 3.05) is 5.32 Å². The van der Waals surface area contributed by atoms with Crippen molar-refractivity contribution in [3.05, 3.63) is 11.8 Å². The second-order valence-electron chi connectivity index (χ2n) is 6.12. The zero-order valence-corrected chi connectivity index (χ0v) is 12.1. The molecule has 1 aromatic heterocycles. The number of carbonyl (C=O) groups excluding carboxylic acids is 1. The Morgan fingerprint density at radius 2 is 2.30 bits per heavy atom. The molecular weight excluding hydrogens is 252 g/mol. The first kappa shape index (κ1) is 13.6. The summed E-state index contributed by atoms with van der Waals surface area (Å²) in [6, 6.07) is 2.44. The normalized spacial score (nSPS) is 29.1. The van der Waals surface area contributed by atoms with Crippen molar-refractivity contribution in [1.82, 2.24) is 15.5 Å². The van der Waals surface area contributed by atoms with E-state index in [1.807, 2.05) is 6.07 Å². The Morgan fingerprint density at radius 3 is 3.10 bits per heavy atom. The van der Waals surface area contributed by atoms with E-state index in [0.717, 1.165) is 25.0 Å². The standard InChI is InChI=1S/C15H24N4O/c1-2-5-11-9-14(19-18-11)17-15(20)13-8-10-6-3-4-7-12(10)16-13/h9-10,12-13,16H,2-8H2,1H3,(H2,17,18,19,20). The minimum absolute atomic E-state index is 0.0468. The van der Waals surface area contributed by atoms with Crippen LogP contribution in [0.15, 0.2) is 6.07 Å². The third-order valence-corrected chi connectivity index (χ3v) is 4.58. The van der Waals surface area contributed by atoms with E-state index in [9.17, 15) is 4.79 Å². The lowest BCUT2D eigenvalue weighted by molar-refractivity contribution is -0.117. The van der Waals surface area contributed by atoms with Gasteiger partial charge in [-0.1, -0.05) is 26.2 Å². The van der Waals surface area contributed by atoms with Crippen molar-refractivity contribution in [3.63, 3.8) is 0 Å². The molecule has 5 heteroatoms. The molecule has 20 heavy (non-hydrogen) atoms. The molecule has 1 saturated heterocycles. The second kappa shape index (κ2) is 5.95. The van der Waals surface area contributed by atoms with Crippen LogP contribution < -0.4 is 10.6 Å². The first-order chi connectivity index (χ1) is 9.76. The number of H-pyrrole nitrogens is 1. The molecule has 3 N–H and O–H groups in total. The molecule has 1 aliphatic carbocycles. The number of hydrogen-bond acceptors (Lipinski definition) is 3. The van der Waals surface area contributed by atoms with Crippen LogP contribution in [0.5, 0.6) is 0 Å². The van der Waals surface area contributed by atoms with Gasteiger partial charge in [-0.15, -0.1) is 0 Å². The SMILES string of the molecule is CCCc1cc(NC(=O)C2CC3CCCCC3N2)n[nH]1. The minimum Gasteiger partial charge on any atom is -0.308 e. The lowest BCUT2D eigenvalue weighted by atomic mass is 9.85. The van der Waals surface area contributed by atoms with Gasteiger partial charge in [0.1, 0.15) is 0 Å². The van der Waals surface area contributed by atoms with E-state index in [0.29, 0.717) is 17.8 Å². The molecule has 2 aliphatic rings. The number of amides is 1. The number of nitrogens with zero attached hydrogens (tertiary/aromatic N) is 1. The molecule has 2 fully saturated rings. The molecule has 0 radical (unpaired) electrons. The van der Waals surface area contributed by atoms with Crippen LogP contribution >= 0.6 is 0 Å². The predicted molar refractivity (Wildman–Crippen MR) is 78.5 cm³/mol. The van der Waals surface area contributed by atoms with Crippen molar-refractivity contribution in [2.45, 2.75) is 64.0 Å². The number of rotatable bonds is 4. The van der Waals surface area contributed by atoms with Gasteiger partial charge in [-0.05, 0) is 31.6 Å². The number of aromatic amines is 1. The fourth-order valence-electron chi connectivity index (χ4n) is 3.56. The average molecular weight is 276 g/mol. The van der Waals surface area contributed by atoms with Gasteiger partial charge in [0.25, 0.3) is 0 Å². The molecule has 0 spiro atoms. The monoisotopic (exact) mass is 276 g/mol. The molecule has 3 atom stereocenters. The quantitative estimate of drug-likeness (QED) is 0.789. The summed E-state index contributed by atoms with van der Waals surface area (Å²) >= 11 is 0. The van der Waals surface area contributed by atoms with E-state index in [4.69, 9.17) is 0 Å². The van der Waals surface area contributed by atoms with Crippen molar-refractivity contribution in [3.8, 4) is 0 Å². The highest BCUT2D eigenvalue weighted by Crippen LogP contribution is 2.33. The summed E-state index contributed by atoms with van der Waals surface area (Å²) in [7, 11) is 0. The predicted octanol–water partition coefficient (Wildman–Crippen LogP) is 2.22. The molecule has 1 amide bonds. The molecule has 0 aromatic carbocycles. The molecule has 1 aromatic rings. The summed E-state index contributed by atoms with van der Waals surface area (Å²) in [4.78, 5) is 12.3. The van der Waals surface area contributed by atoms with Gasteiger partial charge >= 0.3 is 0 Å². The highest BCUT2D eigenvalue weighted by atomic mass is 16.2. The van der Waals surface area contributed by atoms with E-state index >= 15 is 0 Å². The van der Waals surface area contributed by atoms with Gasteiger partial charge in [0.2, 0.25) is 5.91 Å². The van der Waals surface area contributed by atoms with Crippen LogP contribution in [0.3, 0.4) is 0 Å². The van der Waals surface area contributed by atoms with Crippen LogP contribution in [0, 0.1) is 5.92 Å². The summed E-state index contributed by atoms with van der Waals surface area (Å²) in [6.45, 7) is 2.13. The number of nitrogens with one attached hydrogen (secondary N) is 3. The highest BCUT2D eigenvalue weighted by molar-refractivity contribution is 5.94. The third kappa shape index (κ3) is 2.87. The first-order valence-corrected chi connectivity index (χ1v) is 7.87. The van der Waals surface area contributed by atoms with E-state index in [-0.39, 0.29) is 11.9 Å². The molecule has 3 unspecified atom stereocenters.